The first-order chi connectivity index (χ1) is 19.2. The normalized spacial score (nSPS) is 18.0. The number of likely N-dealkylation sites (tertiary alicyclic amines) is 1. The molecule has 5 heterocycles. The van der Waals surface area contributed by atoms with E-state index in [-0.39, 0.29) is 5.95 Å². The highest BCUT2D eigenvalue weighted by molar-refractivity contribution is 7.99. The van der Waals surface area contributed by atoms with Gasteiger partial charge in [-0.3, -0.25) is 0 Å². The van der Waals surface area contributed by atoms with Gasteiger partial charge >= 0.3 is 0 Å². The summed E-state index contributed by atoms with van der Waals surface area (Å²) in [5.41, 5.74) is 11.4. The number of rotatable bonds is 5. The molecular weight excluding hydrogens is 506 g/mol. The Morgan fingerprint density at radius 3 is 2.54 bits per heavy atom. The Labute approximate surface area is 232 Å². The molecule has 0 bridgehead atoms. The topological polar surface area (TPSA) is 101 Å². The Kier molecular flexibility index (Phi) is 6.57. The average molecular weight is 540 g/mol. The van der Waals surface area contributed by atoms with Gasteiger partial charge in [-0.25, -0.2) is 0 Å². The molecule has 39 heavy (non-hydrogen) atoms. The van der Waals surface area contributed by atoms with E-state index < -0.39 is 0 Å². The molecule has 0 spiro atoms. The Bertz CT molecular complexity index is 1450. The van der Waals surface area contributed by atoms with Crippen LogP contribution in [-0.4, -0.2) is 67.8 Å². The molecule has 4 aromatic rings. The monoisotopic (exact) mass is 539 g/mol. The molecule has 3 aliphatic rings. The van der Waals surface area contributed by atoms with Crippen molar-refractivity contribution in [2.45, 2.75) is 43.0 Å². The highest BCUT2D eigenvalue weighted by Gasteiger charge is 2.26. The summed E-state index contributed by atoms with van der Waals surface area (Å²) in [7, 11) is 0. The SMILES string of the molecule is Nc1nc(Nc2ccc(N3CCC(N4CCCC4)CC3)cc2)n(-c2cc3c(nn2)-c2ccccc2SCC3)n1. The maximum atomic E-state index is 6.03. The number of benzene rings is 2. The number of aromatic nitrogens is 5. The number of nitrogens with zero attached hydrogens (tertiary/aromatic N) is 7. The molecule has 0 aliphatic carbocycles. The lowest BCUT2D eigenvalue weighted by atomic mass is 10.0. The van der Waals surface area contributed by atoms with Gasteiger partial charge in [-0.2, -0.15) is 9.67 Å². The molecule has 7 rings (SSSR count). The second-order valence-corrected chi connectivity index (χ2v) is 11.6. The van der Waals surface area contributed by atoms with E-state index in [1.165, 1.54) is 49.4 Å². The van der Waals surface area contributed by atoms with Crippen molar-refractivity contribution in [3.63, 3.8) is 0 Å². The van der Waals surface area contributed by atoms with Crippen molar-refractivity contribution in [2.75, 3.05) is 47.9 Å². The molecular formula is C29H33N9S. The van der Waals surface area contributed by atoms with Gasteiger partial charge in [0.2, 0.25) is 11.9 Å². The molecule has 2 fully saturated rings. The standard InChI is InChI=1S/C29H33N9S/c30-28-32-29(31-21-7-9-22(10-8-21)37-16-11-23(12-17-37)36-14-3-4-15-36)38(35-28)26-19-20-13-18-39-25-6-2-1-5-24(25)27(20)34-33-26/h1-2,5-10,19,23H,3-4,11-18H2,(H3,30,31,32,35). The second-order valence-electron chi connectivity index (χ2n) is 10.5. The first kappa shape index (κ1) is 24.4. The minimum atomic E-state index is 0.188. The first-order valence-electron chi connectivity index (χ1n) is 13.9. The minimum absolute atomic E-state index is 0.188. The summed E-state index contributed by atoms with van der Waals surface area (Å²) in [6.45, 7) is 4.78. The third kappa shape index (κ3) is 4.94. The molecule has 0 atom stereocenters. The quantitative estimate of drug-likeness (QED) is 0.372. The highest BCUT2D eigenvalue weighted by Crippen LogP contribution is 2.36. The van der Waals surface area contributed by atoms with Crippen molar-refractivity contribution in [3.8, 4) is 17.1 Å². The Morgan fingerprint density at radius 1 is 0.923 bits per heavy atom. The smallest absolute Gasteiger partial charge is 0.241 e. The van der Waals surface area contributed by atoms with Crippen molar-refractivity contribution in [2.24, 2.45) is 0 Å². The fraction of sp³-hybridized carbons (Fsp3) is 0.379. The van der Waals surface area contributed by atoms with Gasteiger partial charge in [0.1, 0.15) is 0 Å². The molecule has 3 aliphatic heterocycles. The second kappa shape index (κ2) is 10.5. The zero-order valence-electron chi connectivity index (χ0n) is 22.0. The molecule has 9 nitrogen and oxygen atoms in total. The molecule has 2 aromatic carbocycles. The number of nitrogen functional groups attached to an aromatic ring is 1. The van der Waals surface area contributed by atoms with E-state index >= 15 is 0 Å². The molecule has 2 aromatic heterocycles. The van der Waals surface area contributed by atoms with Crippen LogP contribution < -0.4 is 16.0 Å². The largest absolute Gasteiger partial charge is 0.371 e. The lowest BCUT2D eigenvalue weighted by Gasteiger charge is -2.37. The van der Waals surface area contributed by atoms with E-state index in [0.717, 1.165) is 53.8 Å². The van der Waals surface area contributed by atoms with Crippen LogP contribution in [0, 0.1) is 0 Å². The Morgan fingerprint density at radius 2 is 1.72 bits per heavy atom. The molecule has 0 unspecified atom stereocenters. The summed E-state index contributed by atoms with van der Waals surface area (Å²) in [6, 6.07) is 19.7. The summed E-state index contributed by atoms with van der Waals surface area (Å²) in [5.74, 6) is 2.29. The van der Waals surface area contributed by atoms with E-state index in [1.807, 2.05) is 17.8 Å². The van der Waals surface area contributed by atoms with Crippen LogP contribution in [0.1, 0.15) is 31.2 Å². The van der Waals surface area contributed by atoms with Crippen LogP contribution >= 0.6 is 11.8 Å². The zero-order chi connectivity index (χ0) is 26.2. The predicted octanol–water partition coefficient (Wildman–Crippen LogP) is 4.76. The van der Waals surface area contributed by atoms with Gasteiger partial charge in [-0.1, -0.05) is 18.2 Å². The molecule has 0 amide bonds. The van der Waals surface area contributed by atoms with Crippen LogP contribution in [0.5, 0.6) is 0 Å². The number of hydrogen-bond donors (Lipinski definition) is 2. The van der Waals surface area contributed by atoms with Crippen molar-refractivity contribution < 1.29 is 0 Å². The predicted molar refractivity (Wildman–Crippen MR) is 157 cm³/mol. The van der Waals surface area contributed by atoms with Crippen LogP contribution in [0.3, 0.4) is 0 Å². The molecule has 3 N–H and O–H groups in total. The fourth-order valence-electron chi connectivity index (χ4n) is 6.05. The van der Waals surface area contributed by atoms with Gasteiger partial charge < -0.3 is 20.9 Å². The van der Waals surface area contributed by atoms with Gasteiger partial charge in [-0.15, -0.1) is 27.1 Å². The van der Waals surface area contributed by atoms with Crippen LogP contribution in [0.2, 0.25) is 0 Å². The number of thioether (sulfide) groups is 1. The number of nitrogens with one attached hydrogen (secondary N) is 1. The number of nitrogens with two attached hydrogens (primary N) is 1. The molecule has 10 heteroatoms. The molecule has 0 saturated carbocycles. The summed E-state index contributed by atoms with van der Waals surface area (Å²) in [5, 5.41) is 17.0. The third-order valence-corrected chi connectivity index (χ3v) is 9.16. The Balaban J connectivity index is 1.07. The summed E-state index contributed by atoms with van der Waals surface area (Å²) in [6.07, 6.45) is 6.12. The highest BCUT2D eigenvalue weighted by atomic mass is 32.2. The van der Waals surface area contributed by atoms with Gasteiger partial charge in [0, 0.05) is 46.7 Å². The van der Waals surface area contributed by atoms with Gasteiger partial charge in [-0.05, 0) is 87.2 Å². The average Bonchev–Trinajstić information content (AvgIpc) is 3.60. The van der Waals surface area contributed by atoms with Gasteiger partial charge in [0.05, 0.1) is 5.69 Å². The lowest BCUT2D eigenvalue weighted by Crippen LogP contribution is -2.43. The number of hydrogen-bond acceptors (Lipinski definition) is 9. The maximum Gasteiger partial charge on any atom is 0.241 e. The summed E-state index contributed by atoms with van der Waals surface area (Å²) >= 11 is 1.85. The number of piperidine rings is 1. The van der Waals surface area contributed by atoms with Gasteiger partial charge in [0.25, 0.3) is 0 Å². The van der Waals surface area contributed by atoms with E-state index in [4.69, 9.17) is 5.73 Å². The lowest BCUT2D eigenvalue weighted by molar-refractivity contribution is 0.208. The van der Waals surface area contributed by atoms with E-state index in [0.29, 0.717) is 11.8 Å². The fourth-order valence-corrected chi connectivity index (χ4v) is 7.08. The molecule has 0 radical (unpaired) electrons. The van der Waals surface area contributed by atoms with E-state index in [9.17, 15) is 0 Å². The summed E-state index contributed by atoms with van der Waals surface area (Å²) in [4.78, 5) is 10.9. The number of anilines is 4. The van der Waals surface area contributed by atoms with Crippen molar-refractivity contribution in [1.82, 2.24) is 29.9 Å². The minimum Gasteiger partial charge on any atom is -0.371 e. The first-order valence-corrected chi connectivity index (χ1v) is 14.9. The molecule has 2 saturated heterocycles. The van der Waals surface area contributed by atoms with Crippen molar-refractivity contribution in [3.05, 3.63) is 60.2 Å². The molecule has 200 valence electrons. The summed E-state index contributed by atoms with van der Waals surface area (Å²) < 4.78 is 1.64. The van der Waals surface area contributed by atoms with Crippen LogP contribution in [0.25, 0.3) is 17.1 Å². The maximum absolute atomic E-state index is 6.03. The van der Waals surface area contributed by atoms with E-state index in [1.54, 1.807) is 4.68 Å². The Hall–Kier alpha value is -3.63. The van der Waals surface area contributed by atoms with Gasteiger partial charge in [0.15, 0.2) is 5.82 Å². The third-order valence-electron chi connectivity index (χ3n) is 8.08. The van der Waals surface area contributed by atoms with E-state index in [2.05, 4.69) is 83.9 Å². The van der Waals surface area contributed by atoms with Crippen molar-refractivity contribution in [1.29, 1.82) is 0 Å². The van der Waals surface area contributed by atoms with Crippen LogP contribution in [-0.2, 0) is 6.42 Å². The number of fused-ring (bicyclic) bond motifs is 3. The zero-order valence-corrected chi connectivity index (χ0v) is 22.8. The van der Waals surface area contributed by atoms with Crippen LogP contribution in [0.4, 0.5) is 23.3 Å². The van der Waals surface area contributed by atoms with Crippen LogP contribution in [0.15, 0.2) is 59.5 Å². The van der Waals surface area contributed by atoms with Crippen molar-refractivity contribution >= 4 is 35.0 Å². The number of aryl methyl sites for hydroxylation is 1.